The fraction of sp³-hybridized carbons (Fsp3) is 0.100. The zero-order valence-corrected chi connectivity index (χ0v) is 13.8. The van der Waals surface area contributed by atoms with Gasteiger partial charge in [-0.3, -0.25) is 4.79 Å². The molecule has 1 unspecified atom stereocenters. The molecule has 2 aliphatic heterocycles. The highest BCUT2D eigenvalue weighted by Crippen LogP contribution is 2.41. The van der Waals surface area contributed by atoms with Crippen molar-refractivity contribution < 1.29 is 4.79 Å². The number of benzene rings is 2. The maximum atomic E-state index is 11.4. The smallest absolute Gasteiger partial charge is 0.248 e. The van der Waals surface area contributed by atoms with Crippen LogP contribution >= 0.6 is 0 Å². The van der Waals surface area contributed by atoms with Crippen LogP contribution in [0.5, 0.6) is 0 Å². The van der Waals surface area contributed by atoms with Crippen molar-refractivity contribution in [3.05, 3.63) is 65.0 Å². The zero-order chi connectivity index (χ0) is 17.5. The quantitative estimate of drug-likeness (QED) is 0.493. The Morgan fingerprint density at radius 2 is 2.04 bits per heavy atom. The number of nitrogens with zero attached hydrogens (tertiary/aromatic N) is 2. The number of amides is 1. The number of para-hydroxylation sites is 1. The van der Waals surface area contributed by atoms with Gasteiger partial charge in [0.2, 0.25) is 5.91 Å². The average molecular weight is 341 g/mol. The van der Waals surface area contributed by atoms with Gasteiger partial charge in [0.1, 0.15) is 5.54 Å². The predicted octanol–water partition coefficient (Wildman–Crippen LogP) is 1.83. The molecule has 26 heavy (non-hydrogen) atoms. The van der Waals surface area contributed by atoms with Gasteiger partial charge in [-0.05, 0) is 36.4 Å². The standard InChI is InChI=1S/C20H15N5O/c21-19(26)11-5-6-12-15(7-11)24-25-17(12)8-16-18(25)9-20(23-16)10-22-14-4-2-1-3-13(14)20/h1-9,22-23H,10H2,(H2,21,26). The van der Waals surface area contributed by atoms with Crippen LogP contribution in [-0.4, -0.2) is 22.1 Å². The first-order chi connectivity index (χ1) is 12.6. The Kier molecular flexibility index (Phi) is 2.29. The number of rotatable bonds is 1. The summed E-state index contributed by atoms with van der Waals surface area (Å²) in [4.78, 5) is 11.4. The summed E-state index contributed by atoms with van der Waals surface area (Å²) in [5.41, 5.74) is 10.9. The zero-order valence-electron chi connectivity index (χ0n) is 13.8. The molecule has 0 aliphatic carbocycles. The monoisotopic (exact) mass is 341 g/mol. The summed E-state index contributed by atoms with van der Waals surface area (Å²) < 4.78 is 1.95. The summed E-state index contributed by atoms with van der Waals surface area (Å²) in [6.45, 7) is 0.801. The Hall–Kier alpha value is -3.54. The molecular weight excluding hydrogens is 326 g/mol. The van der Waals surface area contributed by atoms with Crippen LogP contribution in [0.4, 0.5) is 11.4 Å². The van der Waals surface area contributed by atoms with Gasteiger partial charge in [0.25, 0.3) is 0 Å². The fourth-order valence-corrected chi connectivity index (χ4v) is 4.25. The molecule has 2 aromatic heterocycles. The lowest BCUT2D eigenvalue weighted by Gasteiger charge is -2.23. The lowest BCUT2D eigenvalue weighted by Crippen LogP contribution is -2.32. The van der Waals surface area contributed by atoms with E-state index >= 15 is 0 Å². The van der Waals surface area contributed by atoms with Gasteiger partial charge in [-0.25, -0.2) is 4.52 Å². The van der Waals surface area contributed by atoms with E-state index in [1.54, 1.807) is 12.1 Å². The van der Waals surface area contributed by atoms with E-state index in [1.165, 1.54) is 5.56 Å². The van der Waals surface area contributed by atoms with Crippen LogP contribution in [-0.2, 0) is 5.54 Å². The van der Waals surface area contributed by atoms with E-state index in [1.807, 2.05) is 16.6 Å². The van der Waals surface area contributed by atoms with Crippen LogP contribution in [0.15, 0.2) is 48.5 Å². The van der Waals surface area contributed by atoms with Gasteiger partial charge in [-0.1, -0.05) is 18.2 Å². The number of nitrogens with two attached hydrogens (primary N) is 1. The second-order valence-electron chi connectivity index (χ2n) is 6.98. The largest absolute Gasteiger partial charge is 0.382 e. The van der Waals surface area contributed by atoms with Crippen molar-refractivity contribution in [3.63, 3.8) is 0 Å². The van der Waals surface area contributed by atoms with Gasteiger partial charge >= 0.3 is 0 Å². The van der Waals surface area contributed by atoms with Gasteiger partial charge in [0.05, 0.1) is 22.1 Å². The van der Waals surface area contributed by atoms with Crippen molar-refractivity contribution in [3.8, 4) is 0 Å². The molecule has 4 N–H and O–H groups in total. The van der Waals surface area contributed by atoms with Gasteiger partial charge in [0.15, 0.2) is 0 Å². The molecular formula is C20H15N5O. The molecule has 6 heteroatoms. The molecule has 0 fully saturated rings. The van der Waals surface area contributed by atoms with Crippen molar-refractivity contribution in [1.29, 1.82) is 0 Å². The van der Waals surface area contributed by atoms with E-state index in [9.17, 15) is 4.79 Å². The molecule has 0 radical (unpaired) electrons. The second-order valence-corrected chi connectivity index (χ2v) is 6.98. The highest BCUT2D eigenvalue weighted by molar-refractivity contribution is 6.02. The number of anilines is 2. The van der Waals surface area contributed by atoms with Gasteiger partial charge in [-0.2, -0.15) is 5.10 Å². The van der Waals surface area contributed by atoms with E-state index in [4.69, 9.17) is 10.8 Å². The molecule has 4 heterocycles. The Morgan fingerprint density at radius 3 is 2.92 bits per heavy atom. The summed E-state index contributed by atoms with van der Waals surface area (Å²) in [5, 5.41) is 13.9. The number of fused-ring (bicyclic) bond motifs is 7. The molecule has 2 aliphatic rings. The summed E-state index contributed by atoms with van der Waals surface area (Å²) in [6, 6.07) is 15.9. The predicted molar refractivity (Wildman–Crippen MR) is 101 cm³/mol. The van der Waals surface area contributed by atoms with Crippen LogP contribution in [0.3, 0.4) is 0 Å². The van der Waals surface area contributed by atoms with Crippen molar-refractivity contribution in [1.82, 2.24) is 9.61 Å². The Balaban J connectivity index is 1.60. The third-order valence-electron chi connectivity index (χ3n) is 5.49. The maximum Gasteiger partial charge on any atom is 0.248 e. The van der Waals surface area contributed by atoms with E-state index < -0.39 is 5.91 Å². The lowest BCUT2D eigenvalue weighted by molar-refractivity contribution is 0.100. The highest BCUT2D eigenvalue weighted by atomic mass is 16.1. The molecule has 6 nitrogen and oxygen atoms in total. The number of aromatic nitrogens is 2. The van der Waals surface area contributed by atoms with Crippen LogP contribution < -0.4 is 21.7 Å². The number of carbonyl (C=O) groups excluding carboxylic acids is 1. The van der Waals surface area contributed by atoms with Gasteiger partial charge in [0, 0.05) is 28.7 Å². The number of hydrogen-bond acceptors (Lipinski definition) is 4. The van der Waals surface area contributed by atoms with Crippen LogP contribution in [0.25, 0.3) is 22.5 Å². The molecule has 0 bridgehead atoms. The van der Waals surface area contributed by atoms with E-state index in [0.717, 1.165) is 39.7 Å². The number of carbonyl (C=O) groups is 1. The molecule has 1 spiro atoms. The minimum absolute atomic E-state index is 0.244. The van der Waals surface area contributed by atoms with Gasteiger partial charge < -0.3 is 16.4 Å². The third-order valence-corrected chi connectivity index (χ3v) is 5.49. The Morgan fingerprint density at radius 1 is 1.15 bits per heavy atom. The molecule has 0 saturated carbocycles. The van der Waals surface area contributed by atoms with Crippen LogP contribution in [0.2, 0.25) is 0 Å². The first-order valence-corrected chi connectivity index (χ1v) is 8.54. The van der Waals surface area contributed by atoms with E-state index in [2.05, 4.69) is 41.0 Å². The SMILES string of the molecule is NC(=O)c1ccc2c(c1)nn1c3c(cc21)NC1(C=3)CNc2ccccc21. The molecule has 2 aromatic carbocycles. The highest BCUT2D eigenvalue weighted by Gasteiger charge is 2.41. The number of primary amides is 1. The minimum atomic E-state index is -0.439. The van der Waals surface area contributed by atoms with Crippen LogP contribution in [0, 0.1) is 0 Å². The number of hydrogen-bond donors (Lipinski definition) is 3. The van der Waals surface area contributed by atoms with Gasteiger partial charge in [-0.15, -0.1) is 0 Å². The first-order valence-electron chi connectivity index (χ1n) is 8.54. The second kappa shape index (κ2) is 4.35. The Labute approximate surface area is 148 Å². The average Bonchev–Trinajstić information content (AvgIpc) is 3.35. The van der Waals surface area contributed by atoms with E-state index in [-0.39, 0.29) is 5.54 Å². The molecule has 0 saturated heterocycles. The molecule has 6 rings (SSSR count). The first kappa shape index (κ1) is 13.7. The summed E-state index contributed by atoms with van der Waals surface area (Å²) in [7, 11) is 0. The molecule has 4 aromatic rings. The number of nitrogens with one attached hydrogen (secondary N) is 2. The van der Waals surface area contributed by atoms with E-state index in [0.29, 0.717) is 5.56 Å². The normalized spacial score (nSPS) is 20.0. The Bertz CT molecular complexity index is 1300. The topological polar surface area (TPSA) is 84.5 Å². The van der Waals surface area contributed by atoms with Crippen molar-refractivity contribution in [2.75, 3.05) is 17.2 Å². The van der Waals surface area contributed by atoms with Crippen molar-refractivity contribution in [2.24, 2.45) is 5.73 Å². The summed E-state index contributed by atoms with van der Waals surface area (Å²) in [5.74, 6) is -0.439. The van der Waals surface area contributed by atoms with Crippen molar-refractivity contribution >= 4 is 39.8 Å². The summed E-state index contributed by atoms with van der Waals surface area (Å²) in [6.07, 6.45) is 2.25. The lowest BCUT2D eigenvalue weighted by atomic mass is 9.93. The van der Waals surface area contributed by atoms with Crippen molar-refractivity contribution in [2.45, 2.75) is 5.54 Å². The minimum Gasteiger partial charge on any atom is -0.382 e. The molecule has 1 amide bonds. The maximum absolute atomic E-state index is 11.4. The molecule has 1 atom stereocenters. The third kappa shape index (κ3) is 1.56. The van der Waals surface area contributed by atoms with Crippen LogP contribution in [0.1, 0.15) is 15.9 Å². The fourth-order valence-electron chi connectivity index (χ4n) is 4.25. The summed E-state index contributed by atoms with van der Waals surface area (Å²) >= 11 is 0. The molecule has 126 valence electrons.